The largest absolute Gasteiger partial charge is 0.484 e. The average Bonchev–Trinajstić information content (AvgIpc) is 3.10. The van der Waals surface area contributed by atoms with E-state index in [1.807, 2.05) is 0 Å². The molecule has 3 rings (SSSR count). The number of benzene rings is 2. The molecule has 0 aliphatic heterocycles. The Morgan fingerprint density at radius 1 is 1.12 bits per heavy atom. The molecule has 0 unspecified atom stereocenters. The van der Waals surface area contributed by atoms with Crippen LogP contribution in [0.4, 0.5) is 5.69 Å². The number of nitrogens with one attached hydrogen (secondary N) is 1. The first-order valence-electron chi connectivity index (χ1n) is 7.05. The van der Waals surface area contributed by atoms with Crippen LogP contribution in [0.15, 0.2) is 49.1 Å². The standard InChI is InChI=1S/C16H11Cl3N4O2/c17-10-1-4-15(23-9-20-8-21-23)14(5-10)22-16(24)7-25-11-2-3-12(18)13(19)6-11/h1-6,8-9H,7H2,(H,22,24). The van der Waals surface area contributed by atoms with Crippen molar-refractivity contribution in [3.63, 3.8) is 0 Å². The number of hydrogen-bond acceptors (Lipinski definition) is 4. The molecule has 0 saturated heterocycles. The molecule has 0 spiro atoms. The Morgan fingerprint density at radius 3 is 2.68 bits per heavy atom. The van der Waals surface area contributed by atoms with E-state index in [0.29, 0.717) is 32.2 Å². The second kappa shape index (κ2) is 7.74. The smallest absolute Gasteiger partial charge is 0.262 e. The molecule has 0 saturated carbocycles. The normalized spacial score (nSPS) is 10.5. The minimum Gasteiger partial charge on any atom is -0.484 e. The van der Waals surface area contributed by atoms with E-state index in [-0.39, 0.29) is 12.5 Å². The maximum atomic E-state index is 12.2. The zero-order valence-corrected chi connectivity index (χ0v) is 14.9. The molecule has 0 atom stereocenters. The molecule has 1 amide bonds. The Balaban J connectivity index is 1.70. The molecular weight excluding hydrogens is 387 g/mol. The molecule has 0 fully saturated rings. The van der Waals surface area contributed by atoms with Crippen molar-refractivity contribution in [3.8, 4) is 11.4 Å². The molecule has 2 aromatic carbocycles. The monoisotopic (exact) mass is 396 g/mol. The minimum atomic E-state index is -0.366. The fourth-order valence-corrected chi connectivity index (χ4v) is 2.50. The third kappa shape index (κ3) is 4.42. The van der Waals surface area contributed by atoms with Crippen LogP contribution in [0.1, 0.15) is 0 Å². The van der Waals surface area contributed by atoms with Gasteiger partial charge >= 0.3 is 0 Å². The third-order valence-corrected chi connectivity index (χ3v) is 4.13. The topological polar surface area (TPSA) is 69.0 Å². The van der Waals surface area contributed by atoms with Crippen molar-refractivity contribution in [2.45, 2.75) is 0 Å². The summed E-state index contributed by atoms with van der Waals surface area (Å²) < 4.78 is 6.93. The maximum absolute atomic E-state index is 12.2. The van der Waals surface area contributed by atoms with Crippen molar-refractivity contribution in [1.82, 2.24) is 14.8 Å². The van der Waals surface area contributed by atoms with Gasteiger partial charge in [0, 0.05) is 11.1 Å². The molecule has 1 heterocycles. The van der Waals surface area contributed by atoms with Crippen molar-refractivity contribution in [2.24, 2.45) is 0 Å². The van der Waals surface area contributed by atoms with E-state index >= 15 is 0 Å². The van der Waals surface area contributed by atoms with Gasteiger partial charge in [-0.15, -0.1) is 0 Å². The van der Waals surface area contributed by atoms with Crippen molar-refractivity contribution in [1.29, 1.82) is 0 Å². The number of ether oxygens (including phenoxy) is 1. The van der Waals surface area contributed by atoms with Crippen molar-refractivity contribution in [2.75, 3.05) is 11.9 Å². The zero-order valence-electron chi connectivity index (χ0n) is 12.6. The summed E-state index contributed by atoms with van der Waals surface area (Å²) >= 11 is 17.8. The SMILES string of the molecule is O=C(COc1ccc(Cl)c(Cl)c1)Nc1cc(Cl)ccc1-n1cncn1. The molecule has 0 aliphatic carbocycles. The Bertz CT molecular complexity index is 900. The lowest BCUT2D eigenvalue weighted by molar-refractivity contribution is -0.118. The highest BCUT2D eigenvalue weighted by Crippen LogP contribution is 2.27. The van der Waals surface area contributed by atoms with Crippen LogP contribution in [-0.4, -0.2) is 27.3 Å². The van der Waals surface area contributed by atoms with Crippen LogP contribution in [0.2, 0.25) is 15.1 Å². The number of amides is 1. The first-order chi connectivity index (χ1) is 12.0. The van der Waals surface area contributed by atoms with Gasteiger partial charge in [-0.1, -0.05) is 34.8 Å². The fraction of sp³-hybridized carbons (Fsp3) is 0.0625. The second-order valence-electron chi connectivity index (χ2n) is 4.91. The molecule has 128 valence electrons. The van der Waals surface area contributed by atoms with Crippen molar-refractivity contribution >= 4 is 46.4 Å². The summed E-state index contributed by atoms with van der Waals surface area (Å²) in [6.45, 7) is -0.207. The predicted octanol–water partition coefficient (Wildman–Crippen LogP) is 4.25. The van der Waals surface area contributed by atoms with Crippen molar-refractivity contribution in [3.05, 3.63) is 64.1 Å². The van der Waals surface area contributed by atoms with E-state index in [2.05, 4.69) is 15.4 Å². The Kier molecular flexibility index (Phi) is 5.43. The van der Waals surface area contributed by atoms with E-state index < -0.39 is 0 Å². The lowest BCUT2D eigenvalue weighted by atomic mass is 10.2. The summed E-state index contributed by atoms with van der Waals surface area (Å²) in [5.41, 5.74) is 1.12. The summed E-state index contributed by atoms with van der Waals surface area (Å²) in [4.78, 5) is 16.1. The Hall–Kier alpha value is -2.28. The zero-order chi connectivity index (χ0) is 17.8. The van der Waals surface area contributed by atoms with E-state index in [1.165, 1.54) is 23.4 Å². The molecule has 1 N–H and O–H groups in total. The summed E-state index contributed by atoms with van der Waals surface area (Å²) in [6.07, 6.45) is 2.92. The van der Waals surface area contributed by atoms with Gasteiger partial charge in [0.15, 0.2) is 6.61 Å². The van der Waals surface area contributed by atoms with E-state index in [9.17, 15) is 4.79 Å². The van der Waals surface area contributed by atoms with Gasteiger partial charge in [0.05, 0.1) is 21.4 Å². The molecule has 0 bridgehead atoms. The van der Waals surface area contributed by atoms with Crippen LogP contribution >= 0.6 is 34.8 Å². The summed E-state index contributed by atoms with van der Waals surface area (Å²) in [6, 6.07) is 9.80. The van der Waals surface area contributed by atoms with E-state index in [0.717, 1.165) is 0 Å². The van der Waals surface area contributed by atoms with Gasteiger partial charge in [-0.25, -0.2) is 9.67 Å². The Labute approximate surface area is 158 Å². The number of carbonyl (C=O) groups is 1. The van der Waals surface area contributed by atoms with Gasteiger partial charge in [0.1, 0.15) is 18.4 Å². The fourth-order valence-electron chi connectivity index (χ4n) is 2.04. The molecule has 6 nitrogen and oxygen atoms in total. The maximum Gasteiger partial charge on any atom is 0.262 e. The molecule has 1 aromatic heterocycles. The van der Waals surface area contributed by atoms with Crippen LogP contribution in [0, 0.1) is 0 Å². The molecule has 3 aromatic rings. The first-order valence-corrected chi connectivity index (χ1v) is 8.18. The number of aromatic nitrogens is 3. The lowest BCUT2D eigenvalue weighted by Crippen LogP contribution is -2.21. The summed E-state index contributed by atoms with van der Waals surface area (Å²) in [7, 11) is 0. The van der Waals surface area contributed by atoms with Crippen molar-refractivity contribution < 1.29 is 9.53 Å². The molecule has 0 radical (unpaired) electrons. The van der Waals surface area contributed by atoms with Gasteiger partial charge < -0.3 is 10.1 Å². The number of nitrogens with zero attached hydrogens (tertiary/aromatic N) is 3. The highest BCUT2D eigenvalue weighted by Gasteiger charge is 2.11. The number of anilines is 1. The van der Waals surface area contributed by atoms with Crippen LogP contribution in [0.25, 0.3) is 5.69 Å². The minimum absolute atomic E-state index is 0.207. The number of rotatable bonds is 5. The van der Waals surface area contributed by atoms with Gasteiger partial charge in [0.25, 0.3) is 5.91 Å². The Morgan fingerprint density at radius 2 is 1.96 bits per heavy atom. The summed E-state index contributed by atoms with van der Waals surface area (Å²) in [5.74, 6) is 0.0712. The number of halogens is 3. The van der Waals surface area contributed by atoms with Gasteiger partial charge in [-0.05, 0) is 30.3 Å². The van der Waals surface area contributed by atoms with Gasteiger partial charge in [-0.3, -0.25) is 4.79 Å². The summed E-state index contributed by atoms with van der Waals surface area (Å²) in [5, 5.41) is 8.03. The highest BCUT2D eigenvalue weighted by atomic mass is 35.5. The van der Waals surface area contributed by atoms with Crippen LogP contribution in [0.3, 0.4) is 0 Å². The first kappa shape index (κ1) is 17.5. The van der Waals surface area contributed by atoms with Crippen LogP contribution < -0.4 is 10.1 Å². The van der Waals surface area contributed by atoms with E-state index in [1.54, 1.807) is 30.3 Å². The van der Waals surface area contributed by atoms with Gasteiger partial charge in [-0.2, -0.15) is 5.10 Å². The second-order valence-corrected chi connectivity index (χ2v) is 6.17. The molecular formula is C16H11Cl3N4O2. The quantitative estimate of drug-likeness (QED) is 0.699. The molecule has 25 heavy (non-hydrogen) atoms. The van der Waals surface area contributed by atoms with Gasteiger partial charge in [0.2, 0.25) is 0 Å². The third-order valence-electron chi connectivity index (χ3n) is 3.16. The number of hydrogen-bond donors (Lipinski definition) is 1. The highest BCUT2D eigenvalue weighted by molar-refractivity contribution is 6.42. The van der Waals surface area contributed by atoms with Crippen LogP contribution in [-0.2, 0) is 4.79 Å². The molecule has 0 aliphatic rings. The lowest BCUT2D eigenvalue weighted by Gasteiger charge is -2.12. The molecule has 9 heteroatoms. The average molecular weight is 398 g/mol. The number of carbonyl (C=O) groups excluding carboxylic acids is 1. The predicted molar refractivity (Wildman–Crippen MR) is 97.0 cm³/mol. The van der Waals surface area contributed by atoms with Crippen LogP contribution in [0.5, 0.6) is 5.75 Å². The van der Waals surface area contributed by atoms with E-state index in [4.69, 9.17) is 39.5 Å².